The molecular weight excluding hydrogens is 1340 g/mol. The lowest BCUT2D eigenvalue weighted by Gasteiger charge is -2.38. The Balaban J connectivity index is 2.05. The van der Waals surface area contributed by atoms with Crippen LogP contribution in [0.1, 0.15) is 27.0 Å². The first kappa shape index (κ1) is 27.0. The highest BCUT2D eigenvalue weighted by Gasteiger charge is 2.57. The van der Waals surface area contributed by atoms with Gasteiger partial charge in [-0.25, -0.2) is 4.79 Å². The zero-order chi connectivity index (χ0) is 24.1. The summed E-state index contributed by atoms with van der Waals surface area (Å²) in [6.07, 6.45) is 0. The molecule has 2 N–H and O–H groups in total. The van der Waals surface area contributed by atoms with E-state index in [2.05, 4.69) is 136 Å². The lowest BCUT2D eigenvalue weighted by Crippen LogP contribution is -2.35. The van der Waals surface area contributed by atoms with Crippen molar-refractivity contribution in [2.75, 3.05) is 0 Å². The van der Waals surface area contributed by atoms with Gasteiger partial charge in [-0.05, 0) is 193 Å². The van der Waals surface area contributed by atoms with Gasteiger partial charge >= 0.3 is 5.97 Å². The lowest BCUT2D eigenvalue weighted by molar-refractivity contribution is 0.0220. The molecule has 2 aliphatic rings. The van der Waals surface area contributed by atoms with Gasteiger partial charge in [0.1, 0.15) is 11.5 Å². The zero-order valence-electron chi connectivity index (χ0n) is 15.3. The second-order valence-corrected chi connectivity index (χ2v) is 15.8. The predicted molar refractivity (Wildman–Crippen MR) is 190 cm³/mol. The number of hydrogen-bond donors (Lipinski definition) is 2. The molecule has 0 bridgehead atoms. The fourth-order valence-electron chi connectivity index (χ4n) is 3.93. The molecule has 0 saturated heterocycles. The van der Waals surface area contributed by atoms with Gasteiger partial charge < -0.3 is 19.7 Å². The topological polar surface area (TPSA) is 76.0 Å². The molecule has 0 radical (unpaired) electrons. The van der Waals surface area contributed by atoms with Crippen molar-refractivity contribution in [2.24, 2.45) is 0 Å². The van der Waals surface area contributed by atoms with E-state index in [1.54, 1.807) is 0 Å². The molecule has 2 heterocycles. The lowest BCUT2D eigenvalue weighted by atomic mass is 9.77. The summed E-state index contributed by atoms with van der Waals surface area (Å²) < 4.78 is 18.8. The first-order valence-electron chi connectivity index (χ1n) is 8.63. The molecule has 0 unspecified atom stereocenters. The Morgan fingerprint density at radius 2 is 1.12 bits per heavy atom. The quantitative estimate of drug-likeness (QED) is 0.102. The van der Waals surface area contributed by atoms with Gasteiger partial charge in [-0.15, -0.1) is 0 Å². The summed E-state index contributed by atoms with van der Waals surface area (Å²) >= 11 is 17.3. The van der Waals surface area contributed by atoms with Crippen molar-refractivity contribution in [3.63, 3.8) is 0 Å². The smallest absolute Gasteiger partial charge is 0.341 e. The van der Waals surface area contributed by atoms with Gasteiger partial charge in [0.05, 0.1) is 31.0 Å². The van der Waals surface area contributed by atoms with Crippen LogP contribution in [0.25, 0.3) is 0 Å². The van der Waals surface area contributed by atoms with Crippen LogP contribution < -0.4 is 4.74 Å². The van der Waals surface area contributed by atoms with E-state index in [0.717, 1.165) is 19.8 Å². The monoisotopic (exact) mass is 1340 g/mol. The molecule has 0 amide bonds. The Bertz CT molecular complexity index is 1390. The predicted octanol–water partition coefficient (Wildman–Crippen LogP) is 8.50. The molecule has 5 nitrogen and oxygen atoms in total. The van der Waals surface area contributed by atoms with Crippen LogP contribution in [0, 0.1) is 28.6 Å². The third-order valence-electron chi connectivity index (χ3n) is 5.33. The summed E-state index contributed by atoms with van der Waals surface area (Å²) in [5, 5.41) is 21.4. The maximum atomic E-state index is 13.5. The number of halogens is 8. The minimum atomic E-state index is -1.28. The van der Waals surface area contributed by atoms with Crippen molar-refractivity contribution in [3.05, 3.63) is 62.9 Å². The molecular formula is C20H4I8O5. The maximum Gasteiger partial charge on any atom is 0.341 e. The average molecular weight is 1340 g/mol. The molecule has 3 aromatic carbocycles. The largest absolute Gasteiger partial charge is 0.506 e. The van der Waals surface area contributed by atoms with Crippen molar-refractivity contribution in [1.82, 2.24) is 0 Å². The number of rotatable bonds is 0. The number of phenols is 2. The molecule has 1 spiro atoms. The molecule has 0 fully saturated rings. The van der Waals surface area contributed by atoms with Gasteiger partial charge in [-0.2, -0.15) is 0 Å². The third-order valence-corrected chi connectivity index (χ3v) is 16.4. The molecule has 170 valence electrons. The molecule has 0 aliphatic carbocycles. The van der Waals surface area contributed by atoms with E-state index in [4.69, 9.17) is 9.47 Å². The number of phenolic OH excluding ortho intramolecular Hbond substituents is 2. The number of ether oxygens (including phenoxy) is 2. The molecule has 13 heteroatoms. The second-order valence-electron chi connectivity index (χ2n) is 6.97. The van der Waals surface area contributed by atoms with E-state index >= 15 is 0 Å². The zero-order valence-corrected chi connectivity index (χ0v) is 32.6. The highest BCUT2D eigenvalue weighted by Crippen LogP contribution is 2.62. The van der Waals surface area contributed by atoms with Crippen molar-refractivity contribution in [3.8, 4) is 23.0 Å². The van der Waals surface area contributed by atoms with E-state index < -0.39 is 11.6 Å². The van der Waals surface area contributed by atoms with Crippen LogP contribution in [0.2, 0.25) is 0 Å². The summed E-state index contributed by atoms with van der Waals surface area (Å²) in [6, 6.07) is 3.64. The van der Waals surface area contributed by atoms with Crippen LogP contribution in [0.3, 0.4) is 0 Å². The van der Waals surface area contributed by atoms with Crippen LogP contribution in [0.4, 0.5) is 0 Å². The van der Waals surface area contributed by atoms with Crippen molar-refractivity contribution in [2.45, 2.75) is 5.60 Å². The normalized spacial score (nSPS) is 15.1. The first-order valence-corrected chi connectivity index (χ1v) is 17.3. The molecule has 0 atom stereocenters. The minimum Gasteiger partial charge on any atom is -0.506 e. The van der Waals surface area contributed by atoms with Gasteiger partial charge in [0, 0.05) is 19.8 Å². The van der Waals surface area contributed by atoms with Gasteiger partial charge in [0.25, 0.3) is 0 Å². The molecule has 5 rings (SSSR count). The van der Waals surface area contributed by atoms with E-state index in [1.165, 1.54) is 0 Å². The fraction of sp³-hybridized carbons (Fsp3) is 0.0500. The van der Waals surface area contributed by atoms with Gasteiger partial charge in [-0.1, -0.05) is 0 Å². The van der Waals surface area contributed by atoms with Crippen LogP contribution in [0.5, 0.6) is 23.0 Å². The van der Waals surface area contributed by atoms with E-state index in [1.807, 2.05) is 57.3 Å². The summed E-state index contributed by atoms with van der Waals surface area (Å²) in [6.45, 7) is 0. The number of aromatic hydroxyl groups is 2. The van der Waals surface area contributed by atoms with E-state index in [0.29, 0.717) is 42.5 Å². The van der Waals surface area contributed by atoms with E-state index in [9.17, 15) is 15.0 Å². The highest BCUT2D eigenvalue weighted by atomic mass is 127. The number of carbonyl (C=O) groups is 1. The SMILES string of the molecule is O=C1OC2(c3cc(I)c(O)c(I)c3Oc3c2cc(I)c(O)c3I)c2c(I)c(I)c(I)c(I)c21. The summed E-state index contributed by atoms with van der Waals surface area (Å²) in [7, 11) is 0. The summed E-state index contributed by atoms with van der Waals surface area (Å²) in [5.74, 6) is 0.629. The van der Waals surface area contributed by atoms with Gasteiger partial charge in [0.2, 0.25) is 0 Å². The second kappa shape index (κ2) is 9.53. The van der Waals surface area contributed by atoms with Crippen molar-refractivity contribution < 1.29 is 24.5 Å². The van der Waals surface area contributed by atoms with Crippen LogP contribution >= 0.6 is 181 Å². The minimum absolute atomic E-state index is 0.101. The van der Waals surface area contributed by atoms with Crippen LogP contribution in [-0.4, -0.2) is 16.2 Å². The highest BCUT2D eigenvalue weighted by molar-refractivity contribution is 14.1. The number of esters is 1. The fourth-order valence-corrected chi connectivity index (χ4v) is 11.3. The Kier molecular flexibility index (Phi) is 7.79. The standard InChI is InChI=1S/C20H4I8O5/c21-5-1-3-17(13(27)15(5)29)32-18-4(2-6(22)16(30)14(18)28)20(3)8-7(19(31)33-20)9(23)11(25)12(26)10(8)24/h1-2,29-30H. The molecule has 33 heavy (non-hydrogen) atoms. The maximum absolute atomic E-state index is 13.5. The third kappa shape index (κ3) is 3.80. The Hall–Kier alpha value is 2.37. The molecule has 0 aromatic heterocycles. The van der Waals surface area contributed by atoms with Crippen molar-refractivity contribution >= 4 is 187 Å². The first-order chi connectivity index (χ1) is 15.4. The molecule has 2 aliphatic heterocycles. The van der Waals surface area contributed by atoms with Crippen LogP contribution in [0.15, 0.2) is 12.1 Å². The summed E-state index contributed by atoms with van der Waals surface area (Å²) in [4.78, 5) is 13.5. The molecule has 3 aromatic rings. The van der Waals surface area contributed by atoms with Gasteiger partial charge in [0.15, 0.2) is 17.1 Å². The Morgan fingerprint density at radius 3 is 1.61 bits per heavy atom. The number of hydrogen-bond acceptors (Lipinski definition) is 5. The Morgan fingerprint density at radius 1 is 0.667 bits per heavy atom. The van der Waals surface area contributed by atoms with E-state index in [-0.39, 0.29) is 11.5 Å². The van der Waals surface area contributed by atoms with Gasteiger partial charge in [-0.3, -0.25) is 0 Å². The number of benzene rings is 3. The number of carbonyl (C=O) groups excluding carboxylic acids is 1. The summed E-state index contributed by atoms with van der Waals surface area (Å²) in [5.41, 5.74) is 1.33. The molecule has 0 saturated carbocycles. The van der Waals surface area contributed by atoms with Crippen molar-refractivity contribution in [1.29, 1.82) is 0 Å². The van der Waals surface area contributed by atoms with Crippen LogP contribution in [-0.2, 0) is 10.3 Å². The average Bonchev–Trinajstić information content (AvgIpc) is 3.08. The Labute approximate surface area is 296 Å². The number of fused-ring (bicyclic) bond motifs is 6.